The van der Waals surface area contributed by atoms with Crippen molar-refractivity contribution in [2.45, 2.75) is 9.79 Å². The summed E-state index contributed by atoms with van der Waals surface area (Å²) in [6.45, 7) is -0.594. The lowest BCUT2D eigenvalue weighted by Gasteiger charge is -2.07. The SMILES string of the molecule is CSc1ccc(S(=O)(=O)NCC(=O)OCC=Cc2ccccc2)cc1[N+](=O)[O-]. The zero-order chi connectivity index (χ0) is 20.6. The number of nitro groups is 1. The molecule has 0 unspecified atom stereocenters. The number of rotatable bonds is 9. The molecule has 0 spiro atoms. The highest BCUT2D eigenvalue weighted by atomic mass is 32.2. The van der Waals surface area contributed by atoms with Crippen LogP contribution in [0.5, 0.6) is 0 Å². The maximum Gasteiger partial charge on any atom is 0.321 e. The number of esters is 1. The zero-order valence-corrected chi connectivity index (χ0v) is 16.5. The molecule has 0 saturated carbocycles. The Hall–Kier alpha value is -2.69. The van der Waals surface area contributed by atoms with Crippen LogP contribution in [0.1, 0.15) is 5.56 Å². The molecule has 2 rings (SSSR count). The van der Waals surface area contributed by atoms with Crippen molar-refractivity contribution in [2.75, 3.05) is 19.4 Å². The summed E-state index contributed by atoms with van der Waals surface area (Å²) in [5.74, 6) is -0.767. The van der Waals surface area contributed by atoms with Crippen molar-refractivity contribution in [3.63, 3.8) is 0 Å². The van der Waals surface area contributed by atoms with E-state index in [1.54, 1.807) is 18.4 Å². The predicted molar refractivity (Wildman–Crippen MR) is 107 cm³/mol. The third-order valence-corrected chi connectivity index (χ3v) is 5.70. The maximum atomic E-state index is 12.3. The first-order valence-electron chi connectivity index (χ1n) is 8.03. The molecule has 2 aromatic rings. The van der Waals surface area contributed by atoms with Crippen molar-refractivity contribution in [3.8, 4) is 0 Å². The van der Waals surface area contributed by atoms with Crippen LogP contribution in [-0.2, 0) is 19.6 Å². The summed E-state index contributed by atoms with van der Waals surface area (Å²) in [5, 5.41) is 11.1. The lowest BCUT2D eigenvalue weighted by atomic mass is 10.2. The fraction of sp³-hybridized carbons (Fsp3) is 0.167. The molecular formula is C18H18N2O6S2. The number of hydrogen-bond donors (Lipinski definition) is 1. The first kappa shape index (κ1) is 21.6. The Balaban J connectivity index is 1.92. The van der Waals surface area contributed by atoms with Gasteiger partial charge in [0, 0.05) is 6.07 Å². The van der Waals surface area contributed by atoms with Gasteiger partial charge in [0.25, 0.3) is 5.69 Å². The topological polar surface area (TPSA) is 116 Å². The van der Waals surface area contributed by atoms with Gasteiger partial charge in [-0.1, -0.05) is 36.4 Å². The minimum Gasteiger partial charge on any atom is -0.460 e. The monoisotopic (exact) mass is 422 g/mol. The van der Waals surface area contributed by atoms with E-state index in [1.165, 1.54) is 12.1 Å². The van der Waals surface area contributed by atoms with Crippen LogP contribution in [0.3, 0.4) is 0 Å². The van der Waals surface area contributed by atoms with E-state index in [0.29, 0.717) is 4.90 Å². The second-order valence-electron chi connectivity index (χ2n) is 5.41. The summed E-state index contributed by atoms with van der Waals surface area (Å²) in [5.41, 5.74) is 0.624. The van der Waals surface area contributed by atoms with Gasteiger partial charge in [-0.2, -0.15) is 4.72 Å². The van der Waals surface area contributed by atoms with Gasteiger partial charge in [0.15, 0.2) is 0 Å². The summed E-state index contributed by atoms with van der Waals surface area (Å²) in [7, 11) is -4.09. The Morgan fingerprint density at radius 3 is 2.61 bits per heavy atom. The molecule has 0 amide bonds. The molecule has 0 aliphatic carbocycles. The minimum absolute atomic E-state index is 0.0106. The number of ether oxygens (including phenoxy) is 1. The molecule has 0 saturated heterocycles. The minimum atomic E-state index is -4.09. The van der Waals surface area contributed by atoms with Crippen LogP contribution >= 0.6 is 11.8 Å². The molecule has 28 heavy (non-hydrogen) atoms. The van der Waals surface area contributed by atoms with Crippen molar-refractivity contribution < 1.29 is 22.9 Å². The molecule has 0 aliphatic rings. The normalized spacial score (nSPS) is 11.5. The molecule has 0 bridgehead atoms. The smallest absolute Gasteiger partial charge is 0.321 e. The number of carbonyl (C=O) groups is 1. The number of nitrogens with one attached hydrogen (secondary N) is 1. The fourth-order valence-corrected chi connectivity index (χ4v) is 3.69. The third kappa shape index (κ3) is 6.19. The molecule has 148 valence electrons. The van der Waals surface area contributed by atoms with E-state index in [0.717, 1.165) is 23.4 Å². The van der Waals surface area contributed by atoms with Crippen molar-refractivity contribution in [1.29, 1.82) is 0 Å². The molecule has 0 atom stereocenters. The molecule has 2 aromatic carbocycles. The molecular weight excluding hydrogens is 404 g/mol. The number of thioether (sulfide) groups is 1. The van der Waals surface area contributed by atoms with E-state index in [4.69, 9.17) is 4.74 Å². The summed E-state index contributed by atoms with van der Waals surface area (Å²) < 4.78 is 31.5. The predicted octanol–water partition coefficient (Wildman–Crippen LogP) is 2.85. The Morgan fingerprint density at radius 2 is 1.96 bits per heavy atom. The molecule has 0 aromatic heterocycles. The van der Waals surface area contributed by atoms with Crippen LogP contribution in [0.25, 0.3) is 6.08 Å². The molecule has 0 fully saturated rings. The second kappa shape index (κ2) is 10.0. The average Bonchev–Trinajstić information content (AvgIpc) is 2.70. The van der Waals surface area contributed by atoms with Crippen LogP contribution in [0.2, 0.25) is 0 Å². The van der Waals surface area contributed by atoms with Crippen molar-refractivity contribution in [2.24, 2.45) is 0 Å². The Kier molecular flexibility index (Phi) is 7.73. The number of nitro benzene ring substituents is 1. The molecule has 1 N–H and O–H groups in total. The van der Waals surface area contributed by atoms with Gasteiger partial charge in [-0.05, 0) is 30.0 Å². The second-order valence-corrected chi connectivity index (χ2v) is 8.03. The largest absolute Gasteiger partial charge is 0.460 e. The first-order chi connectivity index (χ1) is 13.3. The van der Waals surface area contributed by atoms with E-state index in [9.17, 15) is 23.3 Å². The maximum absolute atomic E-state index is 12.3. The quantitative estimate of drug-likeness (QED) is 0.286. The van der Waals surface area contributed by atoms with Crippen LogP contribution in [0, 0.1) is 10.1 Å². The summed E-state index contributed by atoms with van der Waals surface area (Å²) in [4.78, 5) is 22.2. The number of hydrogen-bond acceptors (Lipinski definition) is 7. The lowest BCUT2D eigenvalue weighted by molar-refractivity contribution is -0.387. The Morgan fingerprint density at radius 1 is 1.25 bits per heavy atom. The molecule has 0 heterocycles. The van der Waals surface area contributed by atoms with E-state index in [1.807, 2.05) is 30.3 Å². The van der Waals surface area contributed by atoms with Crippen LogP contribution in [-0.4, -0.2) is 38.7 Å². The highest BCUT2D eigenvalue weighted by molar-refractivity contribution is 7.98. The van der Waals surface area contributed by atoms with Crippen LogP contribution in [0.15, 0.2) is 64.4 Å². The number of benzene rings is 2. The Bertz CT molecular complexity index is 975. The molecule has 0 aliphatic heterocycles. The molecule has 0 radical (unpaired) electrons. The van der Waals surface area contributed by atoms with Gasteiger partial charge >= 0.3 is 5.97 Å². The van der Waals surface area contributed by atoms with Gasteiger partial charge in [0.05, 0.1) is 14.7 Å². The van der Waals surface area contributed by atoms with Crippen LogP contribution in [0.4, 0.5) is 5.69 Å². The Labute approximate surface area is 166 Å². The molecule has 10 heteroatoms. The summed E-state index contributed by atoms with van der Waals surface area (Å²) in [6, 6.07) is 12.9. The van der Waals surface area contributed by atoms with E-state index in [2.05, 4.69) is 4.72 Å². The van der Waals surface area contributed by atoms with Crippen molar-refractivity contribution in [1.82, 2.24) is 4.72 Å². The fourth-order valence-electron chi connectivity index (χ4n) is 2.16. The van der Waals surface area contributed by atoms with Gasteiger partial charge in [-0.3, -0.25) is 14.9 Å². The van der Waals surface area contributed by atoms with Gasteiger partial charge in [-0.25, -0.2) is 8.42 Å². The average molecular weight is 422 g/mol. The number of sulfonamides is 1. The van der Waals surface area contributed by atoms with Crippen molar-refractivity contribution in [3.05, 3.63) is 70.3 Å². The van der Waals surface area contributed by atoms with Gasteiger partial charge in [0.1, 0.15) is 13.2 Å². The molecule has 8 nitrogen and oxygen atoms in total. The van der Waals surface area contributed by atoms with Gasteiger partial charge in [0.2, 0.25) is 10.0 Å². The standard InChI is InChI=1S/C18H18N2O6S2/c1-27-17-10-9-15(12-16(17)20(22)23)28(24,25)19-13-18(21)26-11-5-8-14-6-3-2-4-7-14/h2-10,12,19H,11,13H2,1H3. The third-order valence-electron chi connectivity index (χ3n) is 3.51. The van der Waals surface area contributed by atoms with Crippen molar-refractivity contribution >= 4 is 39.5 Å². The summed E-state index contributed by atoms with van der Waals surface area (Å²) >= 11 is 1.13. The van der Waals surface area contributed by atoms with E-state index < -0.39 is 27.5 Å². The summed E-state index contributed by atoms with van der Waals surface area (Å²) in [6.07, 6.45) is 5.05. The van der Waals surface area contributed by atoms with E-state index in [-0.39, 0.29) is 17.2 Å². The number of carbonyl (C=O) groups excluding carboxylic acids is 1. The highest BCUT2D eigenvalue weighted by Gasteiger charge is 2.21. The highest BCUT2D eigenvalue weighted by Crippen LogP contribution is 2.29. The van der Waals surface area contributed by atoms with Gasteiger partial charge in [-0.15, -0.1) is 11.8 Å². The van der Waals surface area contributed by atoms with Crippen LogP contribution < -0.4 is 4.72 Å². The van der Waals surface area contributed by atoms with Gasteiger partial charge < -0.3 is 4.74 Å². The van der Waals surface area contributed by atoms with E-state index >= 15 is 0 Å². The first-order valence-corrected chi connectivity index (χ1v) is 10.7. The zero-order valence-electron chi connectivity index (χ0n) is 14.9. The number of nitrogens with zero attached hydrogens (tertiary/aromatic N) is 1. The lowest BCUT2D eigenvalue weighted by Crippen LogP contribution is -2.30.